The van der Waals surface area contributed by atoms with Gasteiger partial charge >= 0.3 is 0 Å². The molecule has 1 saturated carbocycles. The van der Waals surface area contributed by atoms with Crippen LogP contribution in [0.2, 0.25) is 0 Å². The zero-order valence-electron chi connectivity index (χ0n) is 10.6. The van der Waals surface area contributed by atoms with Gasteiger partial charge < -0.3 is 15.8 Å². The van der Waals surface area contributed by atoms with E-state index in [0.717, 1.165) is 19.3 Å². The summed E-state index contributed by atoms with van der Waals surface area (Å²) in [6.07, 6.45) is 3.70. The summed E-state index contributed by atoms with van der Waals surface area (Å²) in [5.41, 5.74) is 5.49. The lowest BCUT2D eigenvalue weighted by molar-refractivity contribution is -0.141. The smallest absolute Gasteiger partial charge is 0.221 e. The van der Waals surface area contributed by atoms with Gasteiger partial charge in [0.1, 0.15) is 0 Å². The van der Waals surface area contributed by atoms with E-state index in [1.54, 1.807) is 7.11 Å². The van der Waals surface area contributed by atoms with E-state index in [2.05, 4.69) is 19.2 Å². The van der Waals surface area contributed by atoms with Crippen LogP contribution in [0.4, 0.5) is 0 Å². The van der Waals surface area contributed by atoms with Crippen molar-refractivity contribution in [1.82, 2.24) is 5.32 Å². The van der Waals surface area contributed by atoms with E-state index in [1.807, 2.05) is 0 Å². The molecule has 1 rings (SSSR count). The minimum Gasteiger partial charge on any atom is -0.381 e. The molecule has 1 aliphatic rings. The molecule has 0 saturated heterocycles. The van der Waals surface area contributed by atoms with Gasteiger partial charge in [0.25, 0.3) is 0 Å². The average Bonchev–Trinajstić information content (AvgIpc) is 2.26. The predicted octanol–water partition coefficient (Wildman–Crippen LogP) is 1.05. The molecule has 4 heteroatoms. The van der Waals surface area contributed by atoms with Gasteiger partial charge in [-0.15, -0.1) is 0 Å². The van der Waals surface area contributed by atoms with Gasteiger partial charge in [-0.25, -0.2) is 0 Å². The van der Waals surface area contributed by atoms with Gasteiger partial charge in [0, 0.05) is 31.5 Å². The van der Waals surface area contributed by atoms with Crippen LogP contribution in [0.25, 0.3) is 0 Å². The number of ether oxygens (including phenoxy) is 1. The van der Waals surface area contributed by atoms with E-state index in [0.29, 0.717) is 13.0 Å². The minimum atomic E-state index is 0.0633. The number of carbonyl (C=O) groups is 1. The average molecular weight is 228 g/mol. The lowest BCUT2D eigenvalue weighted by atomic mass is 9.58. The van der Waals surface area contributed by atoms with E-state index >= 15 is 0 Å². The summed E-state index contributed by atoms with van der Waals surface area (Å²) < 4.78 is 5.48. The quantitative estimate of drug-likeness (QED) is 0.714. The number of hydrogen-bond acceptors (Lipinski definition) is 3. The van der Waals surface area contributed by atoms with Crippen molar-refractivity contribution in [3.63, 3.8) is 0 Å². The Morgan fingerprint density at radius 2 is 2.12 bits per heavy atom. The first-order valence-corrected chi connectivity index (χ1v) is 6.16. The van der Waals surface area contributed by atoms with E-state index < -0.39 is 0 Å². The van der Waals surface area contributed by atoms with Gasteiger partial charge in [-0.3, -0.25) is 4.79 Å². The van der Waals surface area contributed by atoms with Crippen molar-refractivity contribution in [3.05, 3.63) is 0 Å². The molecule has 0 aromatic heterocycles. The number of carbonyl (C=O) groups excluding carboxylic acids is 1. The molecule has 0 spiro atoms. The number of methoxy groups -OCH3 is 1. The zero-order valence-corrected chi connectivity index (χ0v) is 10.6. The van der Waals surface area contributed by atoms with Crippen molar-refractivity contribution in [2.75, 3.05) is 13.7 Å². The van der Waals surface area contributed by atoms with Crippen molar-refractivity contribution in [2.24, 2.45) is 11.1 Å². The number of hydrogen-bond donors (Lipinski definition) is 2. The van der Waals surface area contributed by atoms with Gasteiger partial charge in [0.15, 0.2) is 0 Å². The molecule has 2 unspecified atom stereocenters. The van der Waals surface area contributed by atoms with Crippen LogP contribution >= 0.6 is 0 Å². The molecule has 0 heterocycles. The highest BCUT2D eigenvalue weighted by atomic mass is 16.5. The summed E-state index contributed by atoms with van der Waals surface area (Å²) >= 11 is 0. The monoisotopic (exact) mass is 228 g/mol. The molecule has 0 bridgehead atoms. The molecule has 1 amide bonds. The molecular formula is C12H24N2O2. The minimum absolute atomic E-state index is 0.0633. The zero-order chi connectivity index (χ0) is 12.2. The summed E-state index contributed by atoms with van der Waals surface area (Å²) in [5, 5.41) is 3.08. The number of amides is 1. The van der Waals surface area contributed by atoms with Gasteiger partial charge in [-0.05, 0) is 19.3 Å². The highest BCUT2D eigenvalue weighted by Gasteiger charge is 2.53. The number of nitrogens with two attached hydrogens (primary N) is 1. The fourth-order valence-corrected chi connectivity index (χ4v) is 2.88. The Morgan fingerprint density at radius 1 is 1.50 bits per heavy atom. The Morgan fingerprint density at radius 3 is 2.56 bits per heavy atom. The molecule has 1 fully saturated rings. The third-order valence-electron chi connectivity index (χ3n) is 4.09. The van der Waals surface area contributed by atoms with Crippen LogP contribution in [0.15, 0.2) is 0 Å². The van der Waals surface area contributed by atoms with Gasteiger partial charge in [-0.2, -0.15) is 0 Å². The van der Waals surface area contributed by atoms with E-state index in [9.17, 15) is 4.79 Å². The first-order chi connectivity index (χ1) is 7.64. The molecule has 0 aliphatic heterocycles. The van der Waals surface area contributed by atoms with Crippen LogP contribution in [0, 0.1) is 5.41 Å². The molecular weight excluding hydrogens is 204 g/mol. The van der Waals surface area contributed by atoms with Crippen molar-refractivity contribution in [1.29, 1.82) is 0 Å². The lowest BCUT2D eigenvalue weighted by Crippen LogP contribution is -2.64. The first-order valence-electron chi connectivity index (χ1n) is 6.16. The van der Waals surface area contributed by atoms with Crippen molar-refractivity contribution >= 4 is 5.91 Å². The maximum absolute atomic E-state index is 11.5. The second-order valence-electron chi connectivity index (χ2n) is 4.56. The second-order valence-corrected chi connectivity index (χ2v) is 4.56. The van der Waals surface area contributed by atoms with Crippen LogP contribution in [-0.4, -0.2) is 31.7 Å². The maximum Gasteiger partial charge on any atom is 0.221 e. The fourth-order valence-electron chi connectivity index (χ4n) is 2.88. The van der Waals surface area contributed by atoms with Crippen LogP contribution in [0.5, 0.6) is 0 Å². The molecule has 3 N–H and O–H groups in total. The van der Waals surface area contributed by atoms with E-state index in [4.69, 9.17) is 10.5 Å². The molecule has 0 aromatic rings. The van der Waals surface area contributed by atoms with Crippen LogP contribution < -0.4 is 11.1 Å². The molecule has 0 aromatic carbocycles. The normalized spacial score (nSPS) is 27.2. The molecule has 0 radical (unpaired) electrons. The molecule has 2 atom stereocenters. The Bertz CT molecular complexity index is 239. The summed E-state index contributed by atoms with van der Waals surface area (Å²) in [5.74, 6) is 0.0633. The van der Waals surface area contributed by atoms with E-state index in [1.165, 1.54) is 0 Å². The lowest BCUT2D eigenvalue weighted by Gasteiger charge is -2.55. The number of nitrogens with one attached hydrogen (secondary N) is 1. The molecule has 16 heavy (non-hydrogen) atoms. The van der Waals surface area contributed by atoms with Gasteiger partial charge in [0.05, 0.1) is 6.10 Å². The third kappa shape index (κ3) is 2.23. The number of rotatable bonds is 6. The van der Waals surface area contributed by atoms with Crippen LogP contribution in [0.1, 0.15) is 39.5 Å². The fraction of sp³-hybridized carbons (Fsp3) is 0.917. The predicted molar refractivity (Wildman–Crippen MR) is 64.0 cm³/mol. The molecule has 94 valence electrons. The standard InChI is InChI=1S/C12H24N2O2/c1-4-12(5-2)9(8-10(12)16-3)14-11(15)6-7-13/h9-10H,4-8,13H2,1-3H3,(H,14,15). The Labute approximate surface area is 97.9 Å². The third-order valence-corrected chi connectivity index (χ3v) is 4.09. The van der Waals surface area contributed by atoms with Crippen molar-refractivity contribution in [2.45, 2.75) is 51.7 Å². The van der Waals surface area contributed by atoms with E-state index in [-0.39, 0.29) is 23.5 Å². The topological polar surface area (TPSA) is 64.4 Å². The summed E-state index contributed by atoms with van der Waals surface area (Å²) in [6, 6.07) is 0.256. The first kappa shape index (κ1) is 13.5. The Balaban J connectivity index is 2.58. The highest BCUT2D eigenvalue weighted by Crippen LogP contribution is 2.48. The van der Waals surface area contributed by atoms with Gasteiger partial charge in [-0.1, -0.05) is 13.8 Å². The van der Waals surface area contributed by atoms with Crippen molar-refractivity contribution in [3.8, 4) is 0 Å². The van der Waals surface area contributed by atoms with Crippen LogP contribution in [0.3, 0.4) is 0 Å². The Hall–Kier alpha value is -0.610. The largest absolute Gasteiger partial charge is 0.381 e. The molecule has 1 aliphatic carbocycles. The summed E-state index contributed by atoms with van der Waals surface area (Å²) in [7, 11) is 1.75. The van der Waals surface area contributed by atoms with Crippen molar-refractivity contribution < 1.29 is 9.53 Å². The van der Waals surface area contributed by atoms with Gasteiger partial charge in [0.2, 0.25) is 5.91 Å². The summed E-state index contributed by atoms with van der Waals surface area (Å²) in [4.78, 5) is 11.5. The summed E-state index contributed by atoms with van der Waals surface area (Å²) in [6.45, 7) is 4.74. The van der Waals surface area contributed by atoms with Crippen LogP contribution in [-0.2, 0) is 9.53 Å². The second kappa shape index (κ2) is 5.64. The molecule has 4 nitrogen and oxygen atoms in total. The highest BCUT2D eigenvalue weighted by molar-refractivity contribution is 5.76. The SMILES string of the molecule is CCC1(CC)C(NC(=O)CCN)CC1OC. The Kier molecular flexibility index (Phi) is 4.74. The maximum atomic E-state index is 11.5.